The van der Waals surface area contributed by atoms with Gasteiger partial charge < -0.3 is 4.42 Å². The van der Waals surface area contributed by atoms with Crippen molar-refractivity contribution in [1.29, 1.82) is 0 Å². The van der Waals surface area contributed by atoms with E-state index in [1.165, 1.54) is 12.3 Å². The summed E-state index contributed by atoms with van der Waals surface area (Å²) in [5, 5.41) is -0.164. The molecule has 0 fully saturated rings. The summed E-state index contributed by atoms with van der Waals surface area (Å²) in [6.07, 6.45) is 4.39. The Morgan fingerprint density at radius 1 is 1.28 bits per heavy atom. The Bertz CT molecular complexity index is 620. The molecule has 18 heavy (non-hydrogen) atoms. The number of hydrogen-bond acceptors (Lipinski definition) is 5. The molecule has 2 aromatic heterocycles. The van der Waals surface area contributed by atoms with Crippen LogP contribution in [0.4, 0.5) is 0 Å². The van der Waals surface area contributed by atoms with Crippen molar-refractivity contribution in [1.82, 2.24) is 14.7 Å². The minimum atomic E-state index is -3.69. The Morgan fingerprint density at radius 2 is 1.94 bits per heavy atom. The van der Waals surface area contributed by atoms with Gasteiger partial charge in [-0.1, -0.05) is 0 Å². The van der Waals surface area contributed by atoms with Gasteiger partial charge in [0.1, 0.15) is 0 Å². The fraction of sp³-hybridized carbons (Fsp3) is 0.273. The Kier molecular flexibility index (Phi) is 3.44. The fourth-order valence-corrected chi connectivity index (χ4v) is 2.83. The highest BCUT2D eigenvalue weighted by molar-refractivity contribution is 7.89. The van der Waals surface area contributed by atoms with Gasteiger partial charge in [0.2, 0.25) is 5.09 Å². The number of furan rings is 1. The van der Waals surface area contributed by atoms with E-state index in [9.17, 15) is 8.42 Å². The van der Waals surface area contributed by atoms with E-state index >= 15 is 0 Å². The van der Waals surface area contributed by atoms with Crippen LogP contribution in [0.2, 0.25) is 0 Å². The van der Waals surface area contributed by atoms with Crippen LogP contribution in [0.15, 0.2) is 40.3 Å². The van der Waals surface area contributed by atoms with E-state index in [-0.39, 0.29) is 11.1 Å². The molecule has 0 aliphatic rings. The maximum atomic E-state index is 12.0. The molecule has 0 radical (unpaired) electrons. The van der Waals surface area contributed by atoms with Gasteiger partial charge in [0, 0.05) is 18.4 Å². The van der Waals surface area contributed by atoms with Crippen molar-refractivity contribution >= 4 is 10.0 Å². The van der Waals surface area contributed by atoms with Gasteiger partial charge in [-0.15, -0.1) is 0 Å². The molecule has 0 aliphatic carbocycles. The normalized spacial score (nSPS) is 11.9. The largest absolute Gasteiger partial charge is 0.451 e. The molecule has 0 aromatic carbocycles. The summed E-state index contributed by atoms with van der Waals surface area (Å²) in [5.41, 5.74) is 0.351. The van der Waals surface area contributed by atoms with E-state index in [0.717, 1.165) is 0 Å². The van der Waals surface area contributed by atoms with E-state index < -0.39 is 10.0 Å². The zero-order chi connectivity index (χ0) is 13.2. The van der Waals surface area contributed by atoms with E-state index in [2.05, 4.69) is 14.7 Å². The van der Waals surface area contributed by atoms with Gasteiger partial charge in [0.15, 0.2) is 5.82 Å². The number of sulfonamides is 1. The zero-order valence-electron chi connectivity index (χ0n) is 9.99. The summed E-state index contributed by atoms with van der Waals surface area (Å²) in [6, 6.07) is 2.97. The van der Waals surface area contributed by atoms with Gasteiger partial charge in [0.05, 0.1) is 11.8 Å². The first-order valence-electron chi connectivity index (χ1n) is 5.38. The third-order valence-electron chi connectivity index (χ3n) is 2.07. The Balaban J connectivity index is 2.46. The van der Waals surface area contributed by atoms with E-state index in [0.29, 0.717) is 11.4 Å². The van der Waals surface area contributed by atoms with Gasteiger partial charge in [-0.25, -0.2) is 23.1 Å². The van der Waals surface area contributed by atoms with Crippen LogP contribution >= 0.6 is 0 Å². The molecular formula is C11H13N3O3S. The second-order valence-electron chi connectivity index (χ2n) is 3.97. The first-order valence-corrected chi connectivity index (χ1v) is 6.86. The molecule has 0 saturated carbocycles. The van der Waals surface area contributed by atoms with Crippen molar-refractivity contribution in [3.8, 4) is 11.4 Å². The smallest absolute Gasteiger partial charge is 0.274 e. The van der Waals surface area contributed by atoms with Crippen LogP contribution in [0.5, 0.6) is 0 Å². The molecule has 0 amide bonds. The van der Waals surface area contributed by atoms with Crippen molar-refractivity contribution in [2.24, 2.45) is 0 Å². The quantitative estimate of drug-likeness (QED) is 0.905. The third-order valence-corrected chi connectivity index (χ3v) is 3.66. The van der Waals surface area contributed by atoms with Gasteiger partial charge in [-0.05, 0) is 26.0 Å². The maximum Gasteiger partial charge on any atom is 0.274 e. The first kappa shape index (κ1) is 12.7. The van der Waals surface area contributed by atoms with E-state index in [1.807, 2.05) is 0 Å². The summed E-state index contributed by atoms with van der Waals surface area (Å²) < 4.78 is 31.6. The van der Waals surface area contributed by atoms with Crippen molar-refractivity contribution < 1.29 is 12.8 Å². The molecule has 7 heteroatoms. The second-order valence-corrected chi connectivity index (χ2v) is 5.58. The topological polar surface area (TPSA) is 85.1 Å². The standard InChI is InChI=1S/C11H13N3O3S/c1-8(2)14-18(15,16)11-9(4-7-17-11)10-12-5-3-6-13-10/h3-8,14H,1-2H3. The molecule has 1 N–H and O–H groups in total. The van der Waals surface area contributed by atoms with Crippen LogP contribution in [0.1, 0.15) is 13.8 Å². The van der Waals surface area contributed by atoms with Gasteiger partial charge in [-0.2, -0.15) is 0 Å². The highest BCUT2D eigenvalue weighted by Gasteiger charge is 2.25. The summed E-state index contributed by atoms with van der Waals surface area (Å²) in [7, 11) is -3.69. The van der Waals surface area contributed by atoms with Crippen molar-refractivity contribution in [3.05, 3.63) is 30.8 Å². The number of aromatic nitrogens is 2. The lowest BCUT2D eigenvalue weighted by atomic mass is 10.3. The molecule has 0 saturated heterocycles. The monoisotopic (exact) mass is 267 g/mol. The predicted octanol–water partition coefficient (Wildman–Crippen LogP) is 1.42. The molecule has 2 rings (SSSR count). The number of rotatable bonds is 4. The average molecular weight is 267 g/mol. The SMILES string of the molecule is CC(C)NS(=O)(=O)c1occc1-c1ncccn1. The van der Waals surface area contributed by atoms with Crippen LogP contribution in [0.25, 0.3) is 11.4 Å². The summed E-state index contributed by atoms with van der Waals surface area (Å²) >= 11 is 0. The molecule has 0 atom stereocenters. The minimum Gasteiger partial charge on any atom is -0.451 e. The number of hydrogen-bond donors (Lipinski definition) is 1. The van der Waals surface area contributed by atoms with Crippen LogP contribution in [-0.2, 0) is 10.0 Å². The molecule has 6 nitrogen and oxygen atoms in total. The van der Waals surface area contributed by atoms with E-state index in [4.69, 9.17) is 4.42 Å². The second kappa shape index (κ2) is 4.87. The zero-order valence-corrected chi connectivity index (χ0v) is 10.8. The van der Waals surface area contributed by atoms with Crippen LogP contribution in [0, 0.1) is 0 Å². The molecular weight excluding hydrogens is 254 g/mol. The van der Waals surface area contributed by atoms with Crippen LogP contribution in [-0.4, -0.2) is 24.4 Å². The van der Waals surface area contributed by atoms with Gasteiger partial charge >= 0.3 is 0 Å². The lowest BCUT2D eigenvalue weighted by Gasteiger charge is -2.08. The lowest BCUT2D eigenvalue weighted by Crippen LogP contribution is -2.30. The molecule has 0 unspecified atom stereocenters. The molecule has 0 bridgehead atoms. The molecule has 0 aliphatic heterocycles. The molecule has 96 valence electrons. The van der Waals surface area contributed by atoms with E-state index in [1.54, 1.807) is 32.3 Å². The maximum absolute atomic E-state index is 12.0. The molecule has 2 aromatic rings. The van der Waals surface area contributed by atoms with Crippen LogP contribution < -0.4 is 4.72 Å². The highest BCUT2D eigenvalue weighted by atomic mass is 32.2. The lowest BCUT2D eigenvalue weighted by molar-refractivity contribution is 0.444. The minimum absolute atomic E-state index is 0.164. The summed E-state index contributed by atoms with van der Waals surface area (Å²) in [5.74, 6) is 0.315. The van der Waals surface area contributed by atoms with Crippen molar-refractivity contribution in [2.45, 2.75) is 25.0 Å². The average Bonchev–Trinajstić information content (AvgIpc) is 2.78. The predicted molar refractivity (Wildman–Crippen MR) is 65.2 cm³/mol. The van der Waals surface area contributed by atoms with Crippen molar-refractivity contribution in [2.75, 3.05) is 0 Å². The van der Waals surface area contributed by atoms with Crippen molar-refractivity contribution in [3.63, 3.8) is 0 Å². The van der Waals surface area contributed by atoms with Gasteiger partial charge in [0.25, 0.3) is 10.0 Å². The highest BCUT2D eigenvalue weighted by Crippen LogP contribution is 2.25. The third kappa shape index (κ3) is 2.57. The Morgan fingerprint density at radius 3 is 2.56 bits per heavy atom. The summed E-state index contributed by atoms with van der Waals surface area (Å²) in [6.45, 7) is 3.47. The number of nitrogens with one attached hydrogen (secondary N) is 1. The molecule has 0 spiro atoms. The molecule has 2 heterocycles. The summed E-state index contributed by atoms with van der Waals surface area (Å²) in [4.78, 5) is 8.02. The van der Waals surface area contributed by atoms with Crippen LogP contribution in [0.3, 0.4) is 0 Å². The fourth-order valence-electron chi connectivity index (χ4n) is 1.47. The number of nitrogens with zero attached hydrogens (tertiary/aromatic N) is 2. The first-order chi connectivity index (χ1) is 8.50. The Hall–Kier alpha value is -1.73. The van der Waals surface area contributed by atoms with Gasteiger partial charge in [-0.3, -0.25) is 0 Å². The Labute approximate surface area is 105 Å².